The number of fused-ring (bicyclic) bond motifs is 2. The van der Waals surface area contributed by atoms with Crippen LogP contribution in [0.2, 0.25) is 0 Å². The van der Waals surface area contributed by atoms with Gasteiger partial charge in [0.1, 0.15) is 0 Å². The molecule has 2 nitrogen and oxygen atoms in total. The highest BCUT2D eigenvalue weighted by molar-refractivity contribution is 6.04. The molecule has 2 heterocycles. The molecule has 4 rings (SSSR count). The molecule has 140 valence electrons. The normalized spacial score (nSPS) is 12.1. The Morgan fingerprint density at radius 1 is 0.963 bits per heavy atom. The van der Waals surface area contributed by atoms with E-state index >= 15 is 0 Å². The summed E-state index contributed by atoms with van der Waals surface area (Å²) in [5.74, 6) is 0.797. The Bertz CT molecular complexity index is 1140. The van der Waals surface area contributed by atoms with Crippen molar-refractivity contribution in [2.45, 2.75) is 59.3 Å². The Kier molecular flexibility index (Phi) is 4.90. The zero-order chi connectivity index (χ0) is 19.0. The summed E-state index contributed by atoms with van der Waals surface area (Å²) < 4.78 is 2.20. The third-order valence-corrected chi connectivity index (χ3v) is 5.80. The van der Waals surface area contributed by atoms with Crippen molar-refractivity contribution in [3.05, 3.63) is 63.9 Å². The zero-order valence-corrected chi connectivity index (χ0v) is 16.7. The summed E-state index contributed by atoms with van der Waals surface area (Å²) in [6.07, 6.45) is 9.43. The van der Waals surface area contributed by atoms with E-state index in [1.54, 1.807) is 0 Å². The summed E-state index contributed by atoms with van der Waals surface area (Å²) in [4.78, 5) is 13.4. The Labute approximate surface area is 161 Å². The molecule has 4 aromatic rings. The molecule has 0 saturated heterocycles. The molecule has 0 aliphatic carbocycles. The molecule has 27 heavy (non-hydrogen) atoms. The number of pyridine rings is 1. The minimum Gasteiger partial charge on any atom is -0.315 e. The van der Waals surface area contributed by atoms with E-state index in [0.717, 1.165) is 51.5 Å². The van der Waals surface area contributed by atoms with Crippen LogP contribution in [0.5, 0.6) is 0 Å². The summed E-state index contributed by atoms with van der Waals surface area (Å²) in [6, 6.07) is 12.7. The SMILES string of the molecule is Cc1ccc2c(c1)c(=O)c1c(CCCCCCC(C)C)ccc3ccn2c31. The summed E-state index contributed by atoms with van der Waals surface area (Å²) in [6.45, 7) is 6.64. The van der Waals surface area contributed by atoms with Gasteiger partial charge in [0.05, 0.1) is 16.4 Å². The average Bonchev–Trinajstić information content (AvgIpc) is 3.07. The average molecular weight is 360 g/mol. The van der Waals surface area contributed by atoms with Crippen LogP contribution in [0.15, 0.2) is 47.4 Å². The van der Waals surface area contributed by atoms with E-state index in [1.807, 2.05) is 6.07 Å². The Hall–Kier alpha value is -2.35. The van der Waals surface area contributed by atoms with Gasteiger partial charge in [0.2, 0.25) is 0 Å². The van der Waals surface area contributed by atoms with Gasteiger partial charge >= 0.3 is 0 Å². The number of benzene rings is 2. The van der Waals surface area contributed by atoms with Crippen LogP contribution >= 0.6 is 0 Å². The zero-order valence-electron chi connectivity index (χ0n) is 16.7. The Morgan fingerprint density at radius 3 is 2.59 bits per heavy atom. The second-order valence-corrected chi connectivity index (χ2v) is 8.42. The van der Waals surface area contributed by atoms with Gasteiger partial charge in [-0.3, -0.25) is 4.79 Å². The predicted molar refractivity (Wildman–Crippen MR) is 116 cm³/mol. The summed E-state index contributed by atoms with van der Waals surface area (Å²) in [7, 11) is 0. The molecule has 0 aliphatic rings. The fourth-order valence-corrected chi connectivity index (χ4v) is 4.33. The Balaban J connectivity index is 1.70. The fraction of sp³-hybridized carbons (Fsp3) is 0.400. The molecule has 0 unspecified atom stereocenters. The maximum Gasteiger partial charge on any atom is 0.197 e. The van der Waals surface area contributed by atoms with Crippen LogP contribution in [0.4, 0.5) is 0 Å². The van der Waals surface area contributed by atoms with Crippen molar-refractivity contribution in [3.63, 3.8) is 0 Å². The highest BCUT2D eigenvalue weighted by Crippen LogP contribution is 2.28. The van der Waals surface area contributed by atoms with Gasteiger partial charge in [0, 0.05) is 17.0 Å². The van der Waals surface area contributed by atoms with E-state index in [9.17, 15) is 4.79 Å². The smallest absolute Gasteiger partial charge is 0.197 e. The molecule has 2 aromatic carbocycles. The van der Waals surface area contributed by atoms with Crippen molar-refractivity contribution >= 4 is 27.2 Å². The monoisotopic (exact) mass is 359 g/mol. The first-order chi connectivity index (χ1) is 13.1. The van der Waals surface area contributed by atoms with E-state index in [0.29, 0.717) is 0 Å². The number of unbranched alkanes of at least 4 members (excludes halogenated alkanes) is 3. The Morgan fingerprint density at radius 2 is 1.78 bits per heavy atom. The maximum atomic E-state index is 13.4. The first kappa shape index (κ1) is 18.0. The number of hydrogen-bond donors (Lipinski definition) is 0. The molecule has 2 aromatic heterocycles. The van der Waals surface area contributed by atoms with E-state index < -0.39 is 0 Å². The van der Waals surface area contributed by atoms with Crippen molar-refractivity contribution in [1.82, 2.24) is 4.40 Å². The molecule has 0 fully saturated rings. The molecule has 0 radical (unpaired) electrons. The lowest BCUT2D eigenvalue weighted by Gasteiger charge is -2.11. The van der Waals surface area contributed by atoms with Crippen LogP contribution in [0, 0.1) is 12.8 Å². The number of aryl methyl sites for hydroxylation is 2. The van der Waals surface area contributed by atoms with Crippen LogP contribution in [0.3, 0.4) is 0 Å². The van der Waals surface area contributed by atoms with E-state index in [-0.39, 0.29) is 5.43 Å². The topological polar surface area (TPSA) is 21.5 Å². The van der Waals surface area contributed by atoms with Gasteiger partial charge < -0.3 is 4.40 Å². The summed E-state index contributed by atoms with van der Waals surface area (Å²) in [5.41, 5.74) is 4.65. The van der Waals surface area contributed by atoms with Crippen molar-refractivity contribution in [3.8, 4) is 0 Å². The second-order valence-electron chi connectivity index (χ2n) is 8.42. The number of hydrogen-bond acceptors (Lipinski definition) is 1. The molecule has 0 aliphatic heterocycles. The van der Waals surface area contributed by atoms with Gasteiger partial charge in [-0.25, -0.2) is 0 Å². The minimum atomic E-state index is 0.195. The van der Waals surface area contributed by atoms with Gasteiger partial charge in [0.25, 0.3) is 0 Å². The summed E-state index contributed by atoms with van der Waals surface area (Å²) in [5, 5.41) is 2.92. The first-order valence-corrected chi connectivity index (χ1v) is 10.3. The molecule has 0 N–H and O–H groups in total. The predicted octanol–water partition coefficient (Wildman–Crippen LogP) is 6.50. The highest BCUT2D eigenvalue weighted by atomic mass is 16.1. The minimum absolute atomic E-state index is 0.195. The molecule has 0 spiro atoms. The van der Waals surface area contributed by atoms with Crippen molar-refractivity contribution in [2.75, 3.05) is 0 Å². The molecule has 0 saturated carbocycles. The van der Waals surface area contributed by atoms with Crippen molar-refractivity contribution in [2.24, 2.45) is 5.92 Å². The van der Waals surface area contributed by atoms with Gasteiger partial charge in [0.15, 0.2) is 5.43 Å². The van der Waals surface area contributed by atoms with Gasteiger partial charge in [-0.1, -0.05) is 63.3 Å². The first-order valence-electron chi connectivity index (χ1n) is 10.3. The molecular formula is C25H29NO. The van der Waals surface area contributed by atoms with E-state index in [1.165, 1.54) is 31.2 Å². The lowest BCUT2D eigenvalue weighted by atomic mass is 9.97. The molecular weight excluding hydrogens is 330 g/mol. The highest BCUT2D eigenvalue weighted by Gasteiger charge is 2.15. The van der Waals surface area contributed by atoms with Gasteiger partial charge in [-0.05, 0) is 49.4 Å². The fourth-order valence-electron chi connectivity index (χ4n) is 4.33. The van der Waals surface area contributed by atoms with Crippen molar-refractivity contribution < 1.29 is 0 Å². The maximum absolute atomic E-state index is 13.4. The second kappa shape index (κ2) is 7.34. The largest absolute Gasteiger partial charge is 0.315 e. The van der Waals surface area contributed by atoms with Gasteiger partial charge in [-0.15, -0.1) is 0 Å². The molecule has 2 heteroatoms. The van der Waals surface area contributed by atoms with Crippen molar-refractivity contribution in [1.29, 1.82) is 0 Å². The van der Waals surface area contributed by atoms with E-state index in [4.69, 9.17) is 0 Å². The van der Waals surface area contributed by atoms with Crippen LogP contribution in [-0.4, -0.2) is 4.40 Å². The molecule has 0 amide bonds. The third-order valence-electron chi connectivity index (χ3n) is 5.80. The lowest BCUT2D eigenvalue weighted by molar-refractivity contribution is 0.520. The number of rotatable bonds is 7. The van der Waals surface area contributed by atoms with Crippen LogP contribution in [0.1, 0.15) is 57.1 Å². The van der Waals surface area contributed by atoms with Crippen LogP contribution in [-0.2, 0) is 6.42 Å². The lowest BCUT2D eigenvalue weighted by Crippen LogP contribution is -2.09. The standard InChI is InChI=1S/C25H29NO/c1-17(2)8-6-4-5-7-9-19-11-12-20-14-15-26-22-13-10-18(3)16-21(22)25(27)23(19)24(20)26/h10-17H,4-9H2,1-3H3. The van der Waals surface area contributed by atoms with Crippen LogP contribution in [0.25, 0.3) is 27.2 Å². The third kappa shape index (κ3) is 3.34. The quantitative estimate of drug-likeness (QED) is 0.272. The number of nitrogens with zero attached hydrogens (tertiary/aromatic N) is 1. The number of aromatic nitrogens is 1. The van der Waals surface area contributed by atoms with Gasteiger partial charge in [-0.2, -0.15) is 0 Å². The van der Waals surface area contributed by atoms with Crippen LogP contribution < -0.4 is 5.43 Å². The van der Waals surface area contributed by atoms with E-state index in [2.05, 4.69) is 61.7 Å². The summed E-state index contributed by atoms with van der Waals surface area (Å²) >= 11 is 0. The molecule has 0 atom stereocenters. The molecule has 0 bridgehead atoms.